The predicted octanol–water partition coefficient (Wildman–Crippen LogP) is 4.27. The molecule has 0 bridgehead atoms. The highest BCUT2D eigenvalue weighted by molar-refractivity contribution is 6.31. The lowest BCUT2D eigenvalue weighted by atomic mass is 9.75. The van der Waals surface area contributed by atoms with Crippen molar-refractivity contribution >= 4 is 11.6 Å². The van der Waals surface area contributed by atoms with Gasteiger partial charge in [0.15, 0.2) is 5.78 Å². The number of phenolic OH excluding ortho intramolecular Hbond substituents is 4. The first kappa shape index (κ1) is 22.0. The van der Waals surface area contributed by atoms with E-state index >= 15 is 0 Å². The number of carbonyl (C=O) groups excluding carboxylic acids is 2. The predicted molar refractivity (Wildman–Crippen MR) is 124 cm³/mol. The molecule has 0 spiro atoms. The lowest BCUT2D eigenvalue weighted by molar-refractivity contribution is 0.0972. The van der Waals surface area contributed by atoms with Crippen LogP contribution < -0.4 is 0 Å². The Bertz CT molecular complexity index is 1390. The molecule has 7 nitrogen and oxygen atoms in total. The van der Waals surface area contributed by atoms with Gasteiger partial charge in [-0.15, -0.1) is 0 Å². The number of ketones is 2. The van der Waals surface area contributed by atoms with Crippen molar-refractivity contribution in [3.05, 3.63) is 69.3 Å². The molecule has 0 fully saturated rings. The second-order valence-electron chi connectivity index (χ2n) is 8.98. The number of aliphatic hydroxyl groups excluding tert-OH is 1. The van der Waals surface area contributed by atoms with Crippen molar-refractivity contribution in [3.63, 3.8) is 0 Å². The summed E-state index contributed by atoms with van der Waals surface area (Å²) in [5.41, 5.74) is 1.45. The molecule has 174 valence electrons. The van der Waals surface area contributed by atoms with Crippen molar-refractivity contribution in [2.45, 2.75) is 45.1 Å². The molecule has 0 aliphatic heterocycles. The first-order valence-electron chi connectivity index (χ1n) is 11.3. The fourth-order valence-electron chi connectivity index (χ4n) is 5.19. The smallest absolute Gasteiger partial charge is 0.201 e. The van der Waals surface area contributed by atoms with Crippen molar-refractivity contribution in [2.75, 3.05) is 0 Å². The van der Waals surface area contributed by atoms with Gasteiger partial charge in [-0.1, -0.05) is 25.8 Å². The minimum atomic E-state index is -1.16. The summed E-state index contributed by atoms with van der Waals surface area (Å²) in [5, 5.41) is 52.9. The highest BCUT2D eigenvalue weighted by atomic mass is 16.3. The van der Waals surface area contributed by atoms with E-state index in [1.807, 2.05) is 6.07 Å². The fraction of sp³-hybridized carbons (Fsp3) is 0.259. The Balaban J connectivity index is 1.71. The molecule has 0 unspecified atom stereocenters. The molecule has 0 amide bonds. The standard InChI is InChI=1S/C27H24O7/c1-2-3-4-5-12-6-13-8-19(30)22-15(21(13)18(29)7-12)11-17-24(26(22)33)27(34)23-16(25(17)32)9-14(28)10-20(23)31/h6-7,9-11,19,28-31,33H,2-5,8H2,1H3/t19-/m1/s1. The van der Waals surface area contributed by atoms with E-state index in [2.05, 4.69) is 6.92 Å². The van der Waals surface area contributed by atoms with Crippen LogP contribution in [0.5, 0.6) is 23.0 Å². The van der Waals surface area contributed by atoms with Crippen LogP contribution in [0.4, 0.5) is 0 Å². The fourth-order valence-corrected chi connectivity index (χ4v) is 5.19. The SMILES string of the molecule is CCCCCc1cc(O)c2c(c1)C[C@@H](O)c1c-2cc2c(c1O)C(=O)c1c(O)cc(O)cc1C2=O. The number of aryl methyl sites for hydroxylation is 1. The number of aromatic hydroxyl groups is 4. The van der Waals surface area contributed by atoms with E-state index in [9.17, 15) is 35.1 Å². The summed E-state index contributed by atoms with van der Waals surface area (Å²) < 4.78 is 0. The number of carbonyl (C=O) groups is 2. The molecule has 2 aliphatic carbocycles. The first-order valence-corrected chi connectivity index (χ1v) is 11.3. The van der Waals surface area contributed by atoms with Crippen LogP contribution in [-0.4, -0.2) is 37.1 Å². The summed E-state index contributed by atoms with van der Waals surface area (Å²) in [7, 11) is 0. The molecule has 3 aromatic carbocycles. The quantitative estimate of drug-likeness (QED) is 0.287. The lowest BCUT2D eigenvalue weighted by Gasteiger charge is -2.29. The molecular weight excluding hydrogens is 436 g/mol. The second kappa shape index (κ2) is 7.88. The van der Waals surface area contributed by atoms with E-state index in [4.69, 9.17) is 0 Å². The van der Waals surface area contributed by atoms with E-state index in [1.165, 1.54) is 6.07 Å². The van der Waals surface area contributed by atoms with Crippen LogP contribution in [-0.2, 0) is 12.8 Å². The van der Waals surface area contributed by atoms with E-state index in [0.29, 0.717) is 11.1 Å². The maximum Gasteiger partial charge on any atom is 0.201 e. The van der Waals surface area contributed by atoms with Crippen LogP contribution in [0, 0.1) is 0 Å². The Morgan fingerprint density at radius 1 is 0.794 bits per heavy atom. The van der Waals surface area contributed by atoms with Gasteiger partial charge in [0.2, 0.25) is 5.78 Å². The zero-order chi connectivity index (χ0) is 24.3. The molecule has 0 saturated carbocycles. The number of aliphatic hydroxyl groups is 1. The number of rotatable bonds is 4. The topological polar surface area (TPSA) is 135 Å². The van der Waals surface area contributed by atoms with Crippen molar-refractivity contribution in [1.29, 1.82) is 0 Å². The number of unbranched alkanes of at least 4 members (excludes halogenated alkanes) is 2. The van der Waals surface area contributed by atoms with Gasteiger partial charge in [0, 0.05) is 34.7 Å². The molecule has 1 atom stereocenters. The van der Waals surface area contributed by atoms with Gasteiger partial charge in [-0.2, -0.15) is 0 Å². The minimum absolute atomic E-state index is 0.0261. The van der Waals surface area contributed by atoms with Crippen LogP contribution in [0.15, 0.2) is 30.3 Å². The largest absolute Gasteiger partial charge is 0.508 e. The number of fused-ring (bicyclic) bond motifs is 5. The Labute approximate surface area is 195 Å². The number of benzene rings is 3. The van der Waals surface area contributed by atoms with Crippen molar-refractivity contribution < 1.29 is 35.1 Å². The monoisotopic (exact) mass is 460 g/mol. The molecule has 5 rings (SSSR count). The highest BCUT2D eigenvalue weighted by Gasteiger charge is 2.39. The molecule has 5 N–H and O–H groups in total. The van der Waals surface area contributed by atoms with Gasteiger partial charge >= 0.3 is 0 Å². The van der Waals surface area contributed by atoms with E-state index < -0.39 is 29.2 Å². The third kappa shape index (κ3) is 3.15. The van der Waals surface area contributed by atoms with Crippen LogP contribution in [0.1, 0.15) is 80.8 Å². The maximum atomic E-state index is 13.3. The summed E-state index contributed by atoms with van der Waals surface area (Å²) in [6.07, 6.45) is 2.85. The number of phenols is 4. The zero-order valence-corrected chi connectivity index (χ0v) is 18.6. The molecule has 34 heavy (non-hydrogen) atoms. The molecule has 0 saturated heterocycles. The average Bonchev–Trinajstić information content (AvgIpc) is 2.76. The van der Waals surface area contributed by atoms with Crippen LogP contribution >= 0.6 is 0 Å². The normalized spacial score (nSPS) is 16.0. The average molecular weight is 460 g/mol. The first-order chi connectivity index (χ1) is 16.2. The number of hydrogen-bond acceptors (Lipinski definition) is 7. The van der Waals surface area contributed by atoms with Crippen LogP contribution in [0.3, 0.4) is 0 Å². The molecule has 7 heteroatoms. The second-order valence-corrected chi connectivity index (χ2v) is 8.98. The van der Waals surface area contributed by atoms with Crippen molar-refractivity contribution in [1.82, 2.24) is 0 Å². The molecular formula is C27H24O7. The van der Waals surface area contributed by atoms with E-state index in [1.54, 1.807) is 6.07 Å². The van der Waals surface area contributed by atoms with Gasteiger partial charge in [-0.3, -0.25) is 9.59 Å². The molecule has 0 radical (unpaired) electrons. The third-order valence-corrected chi connectivity index (χ3v) is 6.73. The minimum Gasteiger partial charge on any atom is -0.508 e. The third-order valence-electron chi connectivity index (χ3n) is 6.73. The van der Waals surface area contributed by atoms with Gasteiger partial charge in [-0.25, -0.2) is 0 Å². The molecule has 3 aromatic rings. The summed E-state index contributed by atoms with van der Waals surface area (Å²) in [5.74, 6) is -2.97. The zero-order valence-electron chi connectivity index (χ0n) is 18.6. The van der Waals surface area contributed by atoms with Crippen molar-refractivity contribution in [3.8, 4) is 34.1 Å². The summed E-state index contributed by atoms with van der Waals surface area (Å²) in [6, 6.07) is 7.02. The van der Waals surface area contributed by atoms with E-state index in [0.717, 1.165) is 43.4 Å². The Hall–Kier alpha value is -3.84. The number of hydrogen-bond donors (Lipinski definition) is 5. The molecule has 0 aromatic heterocycles. The lowest BCUT2D eigenvalue weighted by Crippen LogP contribution is -2.23. The van der Waals surface area contributed by atoms with Gasteiger partial charge in [0.25, 0.3) is 0 Å². The summed E-state index contributed by atoms with van der Waals surface area (Å²) >= 11 is 0. The van der Waals surface area contributed by atoms with Gasteiger partial charge in [-0.05, 0) is 47.7 Å². The Morgan fingerprint density at radius 2 is 1.50 bits per heavy atom. The Morgan fingerprint density at radius 3 is 2.24 bits per heavy atom. The highest BCUT2D eigenvalue weighted by Crippen LogP contribution is 2.51. The van der Waals surface area contributed by atoms with Crippen LogP contribution in [0.25, 0.3) is 11.1 Å². The van der Waals surface area contributed by atoms with Crippen molar-refractivity contribution in [2.24, 2.45) is 0 Å². The molecule has 0 heterocycles. The maximum absolute atomic E-state index is 13.3. The summed E-state index contributed by atoms with van der Waals surface area (Å²) in [4.78, 5) is 26.5. The van der Waals surface area contributed by atoms with Gasteiger partial charge in [0.05, 0.1) is 17.2 Å². The van der Waals surface area contributed by atoms with Gasteiger partial charge in [0.1, 0.15) is 23.0 Å². The van der Waals surface area contributed by atoms with Gasteiger partial charge < -0.3 is 25.5 Å². The summed E-state index contributed by atoms with van der Waals surface area (Å²) in [6.45, 7) is 2.11. The Kier molecular flexibility index (Phi) is 5.10. The molecule has 2 aliphatic rings. The van der Waals surface area contributed by atoms with Crippen LogP contribution in [0.2, 0.25) is 0 Å². The van der Waals surface area contributed by atoms with E-state index in [-0.39, 0.29) is 51.3 Å².